The van der Waals surface area contributed by atoms with E-state index in [-0.39, 0.29) is 17.9 Å². The van der Waals surface area contributed by atoms with Gasteiger partial charge in [0.15, 0.2) is 5.17 Å². The number of likely N-dealkylation sites (N-methyl/N-ethyl adjacent to an activating group) is 1. The zero-order valence-corrected chi connectivity index (χ0v) is 21.4. The number of carbonyl (C=O) groups excluding carboxylic acids is 2. The number of hydrogen-bond acceptors (Lipinski definition) is 7. The van der Waals surface area contributed by atoms with Crippen molar-refractivity contribution in [2.45, 2.75) is 45.5 Å². The molecule has 1 aromatic carbocycles. The zero-order chi connectivity index (χ0) is 26.2. The Morgan fingerprint density at radius 2 is 1.78 bits per heavy atom. The van der Waals surface area contributed by atoms with Crippen LogP contribution in [0, 0.1) is 0 Å². The summed E-state index contributed by atoms with van der Waals surface area (Å²) in [5, 5.41) is 2.40. The van der Waals surface area contributed by atoms with Gasteiger partial charge in [-0.05, 0) is 50.9 Å². The summed E-state index contributed by atoms with van der Waals surface area (Å²) in [6.45, 7) is 7.98. The second-order valence-electron chi connectivity index (χ2n) is 9.33. The first-order chi connectivity index (χ1) is 17.0. The van der Waals surface area contributed by atoms with Crippen molar-refractivity contribution >= 4 is 28.8 Å². The van der Waals surface area contributed by atoms with Gasteiger partial charge in [-0.3, -0.25) is 4.79 Å². The minimum atomic E-state index is -4.48. The number of nitrogens with zero attached hydrogens (tertiary/aromatic N) is 4. The highest BCUT2D eigenvalue weighted by atomic mass is 32.2. The van der Waals surface area contributed by atoms with Gasteiger partial charge in [0.05, 0.1) is 35.4 Å². The molecule has 3 aliphatic heterocycles. The van der Waals surface area contributed by atoms with Gasteiger partial charge in [0.1, 0.15) is 0 Å². The lowest BCUT2D eigenvalue weighted by molar-refractivity contribution is -0.143. The van der Waals surface area contributed by atoms with Crippen LogP contribution in [0.25, 0.3) is 0 Å². The predicted octanol–water partition coefficient (Wildman–Crippen LogP) is 4.40. The highest BCUT2D eigenvalue weighted by Gasteiger charge is 2.42. The summed E-state index contributed by atoms with van der Waals surface area (Å²) in [6, 6.07) is 3.98. The first-order valence-electron chi connectivity index (χ1n) is 11.7. The van der Waals surface area contributed by atoms with E-state index in [0.29, 0.717) is 35.2 Å². The normalized spacial score (nSPS) is 20.9. The molecule has 36 heavy (non-hydrogen) atoms. The number of allylic oxidation sites excluding steroid dienone is 1. The van der Waals surface area contributed by atoms with E-state index < -0.39 is 29.9 Å². The SMILES string of the molecule is CC1=C(C(=O)OC(C)C)[C@H](c2ccc(C(F)(F)F)cc2)N2C(CC(=O)N3CCN(C)CC3)=CSC2=N1. The molecule has 1 amide bonds. The molecule has 0 saturated carbocycles. The zero-order valence-electron chi connectivity index (χ0n) is 20.6. The Labute approximate surface area is 212 Å². The van der Waals surface area contributed by atoms with Gasteiger partial charge in [-0.1, -0.05) is 23.9 Å². The highest BCUT2D eigenvalue weighted by molar-refractivity contribution is 8.16. The molecule has 11 heteroatoms. The molecule has 0 bridgehead atoms. The van der Waals surface area contributed by atoms with Gasteiger partial charge in [-0.2, -0.15) is 13.2 Å². The van der Waals surface area contributed by atoms with Crippen molar-refractivity contribution in [3.05, 3.63) is 57.8 Å². The van der Waals surface area contributed by atoms with Crippen molar-refractivity contribution in [3.8, 4) is 0 Å². The number of rotatable bonds is 5. The molecular formula is C25H29F3N4O3S. The summed E-state index contributed by atoms with van der Waals surface area (Å²) >= 11 is 1.33. The number of fused-ring (bicyclic) bond motifs is 1. The Bertz CT molecular complexity index is 1120. The molecule has 1 saturated heterocycles. The quantitative estimate of drug-likeness (QED) is 0.535. The van der Waals surface area contributed by atoms with Gasteiger partial charge in [-0.25, -0.2) is 9.79 Å². The number of aliphatic imine (C=N–C) groups is 1. The maximum Gasteiger partial charge on any atom is 0.416 e. The number of piperazine rings is 1. The number of halogens is 3. The molecular weight excluding hydrogens is 493 g/mol. The van der Waals surface area contributed by atoms with Gasteiger partial charge in [-0.15, -0.1) is 0 Å². The fourth-order valence-electron chi connectivity index (χ4n) is 4.40. The molecule has 0 radical (unpaired) electrons. The Morgan fingerprint density at radius 1 is 1.14 bits per heavy atom. The fourth-order valence-corrected chi connectivity index (χ4v) is 5.36. The van der Waals surface area contributed by atoms with E-state index >= 15 is 0 Å². The number of esters is 1. The van der Waals surface area contributed by atoms with E-state index in [1.165, 1.54) is 23.9 Å². The van der Waals surface area contributed by atoms with E-state index in [1.54, 1.807) is 25.7 Å². The molecule has 0 unspecified atom stereocenters. The molecule has 0 spiro atoms. The molecule has 0 N–H and O–H groups in total. The Balaban J connectivity index is 1.69. The number of amidine groups is 1. The lowest BCUT2D eigenvalue weighted by Gasteiger charge is -2.37. The number of amides is 1. The summed E-state index contributed by atoms with van der Waals surface area (Å²) in [5.74, 6) is -0.628. The molecule has 3 aliphatic rings. The molecule has 1 aromatic rings. The monoisotopic (exact) mass is 522 g/mol. The van der Waals surface area contributed by atoms with Gasteiger partial charge in [0.2, 0.25) is 5.91 Å². The van der Waals surface area contributed by atoms with Crippen molar-refractivity contribution in [1.29, 1.82) is 0 Å². The lowest BCUT2D eigenvalue weighted by Crippen LogP contribution is -2.47. The summed E-state index contributed by atoms with van der Waals surface area (Å²) < 4.78 is 45.2. The highest BCUT2D eigenvalue weighted by Crippen LogP contribution is 2.45. The number of alkyl halides is 3. The molecule has 0 aliphatic carbocycles. The first kappa shape index (κ1) is 26.3. The van der Waals surface area contributed by atoms with Crippen LogP contribution in [-0.2, 0) is 20.5 Å². The summed E-state index contributed by atoms with van der Waals surface area (Å²) in [4.78, 5) is 36.6. The van der Waals surface area contributed by atoms with Crippen LogP contribution in [0.2, 0.25) is 0 Å². The minimum Gasteiger partial charge on any atom is -0.459 e. The van der Waals surface area contributed by atoms with Crippen molar-refractivity contribution in [2.75, 3.05) is 33.2 Å². The molecule has 7 nitrogen and oxygen atoms in total. The van der Waals surface area contributed by atoms with Gasteiger partial charge < -0.3 is 19.4 Å². The van der Waals surface area contributed by atoms with Crippen molar-refractivity contribution in [1.82, 2.24) is 14.7 Å². The second-order valence-corrected chi connectivity index (χ2v) is 10.2. The third-order valence-corrected chi connectivity index (χ3v) is 7.19. The number of thioether (sulfide) groups is 1. The largest absolute Gasteiger partial charge is 0.459 e. The van der Waals surface area contributed by atoms with E-state index in [9.17, 15) is 22.8 Å². The van der Waals surface area contributed by atoms with Crippen LogP contribution in [0.4, 0.5) is 13.2 Å². The number of hydrogen-bond donors (Lipinski definition) is 0. The van der Waals surface area contributed by atoms with Crippen molar-refractivity contribution in [3.63, 3.8) is 0 Å². The Hall–Kier alpha value is -2.79. The summed E-state index contributed by atoms with van der Waals surface area (Å²) in [5.41, 5.74) is 1.03. The maximum absolute atomic E-state index is 13.2. The van der Waals surface area contributed by atoms with Gasteiger partial charge in [0.25, 0.3) is 0 Å². The fraction of sp³-hybridized carbons (Fsp3) is 0.480. The number of benzene rings is 1. The number of ether oxygens (including phenoxy) is 1. The Morgan fingerprint density at radius 3 is 2.36 bits per heavy atom. The summed E-state index contributed by atoms with van der Waals surface area (Å²) in [6.07, 6.45) is -4.77. The third-order valence-electron chi connectivity index (χ3n) is 6.31. The average molecular weight is 523 g/mol. The second kappa shape index (κ2) is 10.3. The lowest BCUT2D eigenvalue weighted by atomic mass is 9.93. The Kier molecular flexibility index (Phi) is 7.51. The van der Waals surface area contributed by atoms with Crippen LogP contribution in [0.5, 0.6) is 0 Å². The molecule has 4 rings (SSSR count). The third kappa shape index (κ3) is 5.46. The minimum absolute atomic E-state index is 0.0417. The first-order valence-corrected chi connectivity index (χ1v) is 12.6. The molecule has 1 fully saturated rings. The van der Waals surface area contributed by atoms with Gasteiger partial charge >= 0.3 is 12.1 Å². The topological polar surface area (TPSA) is 65.5 Å². The van der Waals surface area contributed by atoms with E-state index in [0.717, 1.165) is 25.2 Å². The van der Waals surface area contributed by atoms with Crippen LogP contribution in [0.1, 0.15) is 44.4 Å². The van der Waals surface area contributed by atoms with Gasteiger partial charge in [0, 0.05) is 31.9 Å². The average Bonchev–Trinajstić information content (AvgIpc) is 3.19. The predicted molar refractivity (Wildman–Crippen MR) is 132 cm³/mol. The standard InChI is InChI=1S/C25H29F3N4O3S/c1-15(2)35-23(34)21-16(3)29-24-32(22(21)17-5-7-18(8-6-17)25(26,27)28)19(14-36-24)13-20(33)31-11-9-30(4)10-12-31/h5-8,14-15,22H,9-13H2,1-4H3/t22-/m0/s1. The van der Waals surface area contributed by atoms with E-state index in [4.69, 9.17) is 4.74 Å². The molecule has 3 heterocycles. The molecule has 194 valence electrons. The van der Waals surface area contributed by atoms with Crippen LogP contribution >= 0.6 is 11.8 Å². The van der Waals surface area contributed by atoms with Crippen LogP contribution in [-0.4, -0.2) is 71.1 Å². The molecule has 0 aromatic heterocycles. The van der Waals surface area contributed by atoms with E-state index in [1.807, 2.05) is 17.4 Å². The maximum atomic E-state index is 13.2. The summed E-state index contributed by atoms with van der Waals surface area (Å²) in [7, 11) is 2.01. The number of carbonyl (C=O) groups is 2. The molecule has 1 atom stereocenters. The smallest absolute Gasteiger partial charge is 0.416 e. The van der Waals surface area contributed by atoms with Crippen LogP contribution in [0.15, 0.2) is 51.6 Å². The van der Waals surface area contributed by atoms with Crippen LogP contribution < -0.4 is 0 Å². The van der Waals surface area contributed by atoms with Crippen LogP contribution in [0.3, 0.4) is 0 Å². The van der Waals surface area contributed by atoms with Crippen molar-refractivity contribution < 1.29 is 27.5 Å². The van der Waals surface area contributed by atoms with Crippen molar-refractivity contribution in [2.24, 2.45) is 4.99 Å². The van der Waals surface area contributed by atoms with E-state index in [2.05, 4.69) is 9.89 Å².